The van der Waals surface area contributed by atoms with Gasteiger partial charge in [-0.1, -0.05) is 0 Å². The molecule has 0 aliphatic rings. The molecule has 0 bridgehead atoms. The molecule has 134 valence electrons. The van der Waals surface area contributed by atoms with E-state index in [2.05, 4.69) is 13.8 Å². The average molecular weight is 357 g/mol. The molecule has 0 unspecified atom stereocenters. The molecule has 0 heterocycles. The van der Waals surface area contributed by atoms with Crippen LogP contribution in [0.1, 0.15) is 90.9 Å². The van der Waals surface area contributed by atoms with Crippen LogP contribution in [0.5, 0.6) is 0 Å². The van der Waals surface area contributed by atoms with E-state index < -0.39 is 18.4 Å². The summed E-state index contributed by atoms with van der Waals surface area (Å²) in [5.41, 5.74) is 0. The summed E-state index contributed by atoms with van der Waals surface area (Å²) in [6.07, 6.45) is 15.5. The van der Waals surface area contributed by atoms with Crippen LogP contribution in [0.2, 0.25) is 5.04 Å². The molecule has 0 rings (SSSR count). The van der Waals surface area contributed by atoms with Gasteiger partial charge in [0.25, 0.3) is 0 Å². The third kappa shape index (κ3) is 30.6. The zero-order chi connectivity index (χ0) is 17.8. The van der Waals surface area contributed by atoms with Crippen LogP contribution in [0.4, 0.5) is 0 Å². The van der Waals surface area contributed by atoms with Crippen LogP contribution < -0.4 is 0 Å². The summed E-state index contributed by atoms with van der Waals surface area (Å²) in [4.78, 5) is 18.9. The van der Waals surface area contributed by atoms with Crippen LogP contribution in [0.25, 0.3) is 0 Å². The maximum atomic E-state index is 9.43. The molecule has 0 amide bonds. The second-order valence-corrected chi connectivity index (χ2v) is 9.52. The quantitative estimate of drug-likeness (QED) is 0.234. The Labute approximate surface area is 160 Å². The maximum absolute atomic E-state index is 9.43. The summed E-state index contributed by atoms with van der Waals surface area (Å²) in [7, 11) is 0. The van der Waals surface area contributed by atoms with Crippen LogP contribution in [-0.2, 0) is 9.59 Å². The first kappa shape index (κ1) is 25.4. The van der Waals surface area contributed by atoms with Crippen molar-refractivity contribution in [2.24, 2.45) is 0 Å². The minimum atomic E-state index is -1.31. The van der Waals surface area contributed by atoms with Crippen molar-refractivity contribution in [3.05, 3.63) is 0 Å². The summed E-state index contributed by atoms with van der Waals surface area (Å²) >= 11 is -0.0301. The number of aliphatic carboxylic acids is 2. The van der Waals surface area contributed by atoms with Gasteiger partial charge in [0.2, 0.25) is 0 Å². The zero-order valence-corrected chi connectivity index (χ0v) is 17.5. The number of unbranched alkanes of at least 4 members (excludes halogenated alkanes) is 9. The van der Waals surface area contributed by atoms with Gasteiger partial charge in [0, 0.05) is 0 Å². The van der Waals surface area contributed by atoms with E-state index >= 15 is 0 Å². The minimum Gasteiger partial charge on any atom is -0.481 e. The molecule has 0 saturated carbocycles. The monoisotopic (exact) mass is 356 g/mol. The Morgan fingerprint density at radius 3 is 1.43 bits per heavy atom. The molecule has 5 heteroatoms. The number of carbonyl (C=O) groups is 2. The standard InChI is InChI=1S/C12H25.C3H4O4.C3H7.Ca/c1-3-5-7-9-11-12-10-8-6-4-2;4-2(5)1-3(6)7;1-3-2;/h1,3-12H2,2H3;1H2,(H,4,5)(H,6,7);1,3H2,2H3;. The number of rotatable bonds is 15. The number of hydrogen-bond donors (Lipinski definition) is 2. The van der Waals surface area contributed by atoms with E-state index in [4.69, 9.17) is 10.2 Å². The molecule has 0 aromatic rings. The van der Waals surface area contributed by atoms with E-state index in [0.717, 1.165) is 0 Å². The smallest absolute Gasteiger partial charge is 0.314 e. The fourth-order valence-corrected chi connectivity index (χ4v) is 4.83. The van der Waals surface area contributed by atoms with Gasteiger partial charge in [-0.3, -0.25) is 9.59 Å². The van der Waals surface area contributed by atoms with Crippen molar-refractivity contribution < 1.29 is 19.8 Å². The summed E-state index contributed by atoms with van der Waals surface area (Å²) in [6, 6.07) is 0. The molecule has 0 saturated heterocycles. The zero-order valence-electron chi connectivity index (χ0n) is 15.3. The van der Waals surface area contributed by atoms with Gasteiger partial charge in [0.15, 0.2) is 0 Å². The van der Waals surface area contributed by atoms with E-state index in [1.807, 2.05) is 0 Å². The van der Waals surface area contributed by atoms with Crippen molar-refractivity contribution in [1.29, 1.82) is 0 Å². The molecule has 0 atom stereocenters. The third-order valence-electron chi connectivity index (χ3n) is 3.76. The van der Waals surface area contributed by atoms with Gasteiger partial charge in [-0.25, -0.2) is 0 Å². The Morgan fingerprint density at radius 1 is 0.652 bits per heavy atom. The van der Waals surface area contributed by atoms with Gasteiger partial charge in [-0.2, -0.15) is 0 Å². The molecule has 0 aliphatic carbocycles. The third-order valence-corrected chi connectivity index (χ3v) is 7.21. The van der Waals surface area contributed by atoms with Crippen molar-refractivity contribution in [1.82, 2.24) is 0 Å². The predicted molar refractivity (Wildman–Crippen MR) is 97.4 cm³/mol. The Hall–Kier alpha value is 0.200. The SMILES string of the molecule is CCCCCCCCCCC[CH2][Ca][CH2]CC.O=C(O)CC(=O)O. The molecule has 0 aliphatic heterocycles. The summed E-state index contributed by atoms with van der Waals surface area (Å²) in [5, 5.41) is 15.4. The maximum Gasteiger partial charge on any atom is 0.314 e. The van der Waals surface area contributed by atoms with Crippen molar-refractivity contribution in [3.8, 4) is 0 Å². The fraction of sp³-hybridized carbons (Fsp3) is 0.889. The van der Waals surface area contributed by atoms with E-state index in [9.17, 15) is 9.59 Å². The van der Waals surface area contributed by atoms with Crippen molar-refractivity contribution in [3.63, 3.8) is 0 Å². The van der Waals surface area contributed by atoms with Gasteiger partial charge in [0.1, 0.15) is 6.42 Å². The Kier molecular flexibility index (Phi) is 24.6. The Bertz CT molecular complexity index is 244. The van der Waals surface area contributed by atoms with Gasteiger partial charge < -0.3 is 10.2 Å². The fourth-order valence-electron chi connectivity index (χ4n) is 2.40. The average Bonchev–Trinajstić information content (AvgIpc) is 2.48. The second kappa shape index (κ2) is 22.2. The topological polar surface area (TPSA) is 74.6 Å². The van der Waals surface area contributed by atoms with Crippen LogP contribution in [0.15, 0.2) is 0 Å². The molecule has 2 N–H and O–H groups in total. The molecule has 0 fully saturated rings. The normalized spacial score (nSPS) is 9.65. The molecule has 4 nitrogen and oxygen atoms in total. The summed E-state index contributed by atoms with van der Waals surface area (Å²) in [6.45, 7) is 4.63. The van der Waals surface area contributed by atoms with E-state index in [0.29, 0.717) is 0 Å². The predicted octanol–water partition coefficient (Wildman–Crippen LogP) is 5.40. The Balaban J connectivity index is 0. The molecule has 0 aromatic carbocycles. The molecule has 23 heavy (non-hydrogen) atoms. The summed E-state index contributed by atoms with van der Waals surface area (Å²) in [5.74, 6) is -2.62. The number of carboxylic acid groups (broad SMARTS) is 2. The number of carboxylic acids is 2. The van der Waals surface area contributed by atoms with Crippen LogP contribution in [0, 0.1) is 0 Å². The van der Waals surface area contributed by atoms with Crippen molar-refractivity contribution >= 4 is 45.8 Å². The molecule has 0 spiro atoms. The van der Waals surface area contributed by atoms with Crippen LogP contribution in [0.3, 0.4) is 0 Å². The Morgan fingerprint density at radius 2 is 1.09 bits per heavy atom. The largest absolute Gasteiger partial charge is 0.481 e. The minimum absolute atomic E-state index is 0.0301. The van der Waals surface area contributed by atoms with Gasteiger partial charge in [-0.05, 0) is 0 Å². The number of hydrogen-bond acceptors (Lipinski definition) is 2. The molecular formula is C18H36CaO4. The molecule has 0 radical (unpaired) electrons. The van der Waals surface area contributed by atoms with Crippen molar-refractivity contribution in [2.45, 2.75) is 95.9 Å². The first-order valence-corrected chi connectivity index (χ1v) is 12.6. The van der Waals surface area contributed by atoms with Gasteiger partial charge in [0.05, 0.1) is 0 Å². The first-order chi connectivity index (χ1) is 11.0. The van der Waals surface area contributed by atoms with Gasteiger partial charge >= 0.3 is 135 Å². The van der Waals surface area contributed by atoms with E-state index in [-0.39, 0.29) is 33.8 Å². The van der Waals surface area contributed by atoms with E-state index in [1.54, 1.807) is 11.5 Å². The molecule has 0 aromatic heterocycles. The second-order valence-electron chi connectivity index (χ2n) is 6.21. The molecular weight excluding hydrogens is 320 g/mol. The first-order valence-electron chi connectivity index (χ1n) is 9.48. The van der Waals surface area contributed by atoms with Crippen molar-refractivity contribution in [2.75, 3.05) is 0 Å². The van der Waals surface area contributed by atoms with E-state index in [1.165, 1.54) is 64.2 Å². The van der Waals surface area contributed by atoms with Crippen LogP contribution in [-0.4, -0.2) is 56.0 Å². The van der Waals surface area contributed by atoms with Gasteiger partial charge in [-0.15, -0.1) is 0 Å². The van der Waals surface area contributed by atoms with Crippen LogP contribution >= 0.6 is 0 Å². The summed E-state index contributed by atoms with van der Waals surface area (Å²) < 4.78 is 3.29.